The summed E-state index contributed by atoms with van der Waals surface area (Å²) in [7, 11) is 0. The Balaban J connectivity index is 2.56. The SMILES string of the molecule is CC(OC(=O)[C@@H](N)CO)c1ccccc1. The molecule has 0 fully saturated rings. The molecule has 0 spiro atoms. The molecule has 0 saturated heterocycles. The summed E-state index contributed by atoms with van der Waals surface area (Å²) in [4.78, 5) is 11.3. The fourth-order valence-electron chi connectivity index (χ4n) is 1.13. The number of hydrogen-bond donors (Lipinski definition) is 2. The summed E-state index contributed by atoms with van der Waals surface area (Å²) in [5.74, 6) is -0.589. The molecule has 1 unspecified atom stereocenters. The van der Waals surface area contributed by atoms with Crippen LogP contribution in [0, 0.1) is 0 Å². The van der Waals surface area contributed by atoms with E-state index in [2.05, 4.69) is 0 Å². The van der Waals surface area contributed by atoms with E-state index in [0.29, 0.717) is 0 Å². The highest BCUT2D eigenvalue weighted by Crippen LogP contribution is 2.16. The second-order valence-corrected chi connectivity index (χ2v) is 3.28. The van der Waals surface area contributed by atoms with Crippen LogP contribution >= 0.6 is 0 Å². The highest BCUT2D eigenvalue weighted by Gasteiger charge is 2.17. The van der Waals surface area contributed by atoms with Gasteiger partial charge in [0.05, 0.1) is 6.61 Å². The molecule has 2 atom stereocenters. The van der Waals surface area contributed by atoms with Crippen LogP contribution in [0.3, 0.4) is 0 Å². The van der Waals surface area contributed by atoms with Gasteiger partial charge in [-0.3, -0.25) is 4.79 Å². The summed E-state index contributed by atoms with van der Waals surface area (Å²) >= 11 is 0. The number of esters is 1. The monoisotopic (exact) mass is 209 g/mol. The quantitative estimate of drug-likeness (QED) is 0.713. The van der Waals surface area contributed by atoms with Gasteiger partial charge in [0, 0.05) is 0 Å². The molecule has 0 aromatic heterocycles. The van der Waals surface area contributed by atoms with Crippen LogP contribution in [0.25, 0.3) is 0 Å². The molecule has 3 N–H and O–H groups in total. The number of nitrogens with two attached hydrogens (primary N) is 1. The first kappa shape index (κ1) is 11.7. The standard InChI is InChI=1S/C11H15NO3/c1-8(9-5-3-2-4-6-9)15-11(14)10(12)7-13/h2-6,8,10,13H,7,12H2,1H3/t8?,10-/m0/s1. The number of carbonyl (C=O) groups excluding carboxylic acids is 1. The Bertz CT molecular complexity index is 313. The van der Waals surface area contributed by atoms with E-state index in [9.17, 15) is 4.79 Å². The lowest BCUT2D eigenvalue weighted by molar-refractivity contribution is -0.151. The maximum Gasteiger partial charge on any atom is 0.325 e. The summed E-state index contributed by atoms with van der Waals surface area (Å²) in [6.07, 6.45) is -0.351. The molecule has 4 heteroatoms. The van der Waals surface area contributed by atoms with E-state index in [1.54, 1.807) is 6.92 Å². The predicted molar refractivity (Wildman–Crippen MR) is 56.0 cm³/mol. The van der Waals surface area contributed by atoms with Crippen molar-refractivity contribution in [3.05, 3.63) is 35.9 Å². The van der Waals surface area contributed by atoms with Crippen molar-refractivity contribution in [2.24, 2.45) is 5.73 Å². The summed E-state index contributed by atoms with van der Waals surface area (Å²) in [6.45, 7) is 1.36. The van der Waals surface area contributed by atoms with E-state index in [0.717, 1.165) is 5.56 Å². The Morgan fingerprint density at radius 2 is 2.07 bits per heavy atom. The maximum absolute atomic E-state index is 11.3. The second kappa shape index (κ2) is 5.48. The molecule has 1 aromatic carbocycles. The average Bonchev–Trinajstić information content (AvgIpc) is 2.29. The maximum atomic E-state index is 11.3. The van der Waals surface area contributed by atoms with Gasteiger partial charge in [-0.15, -0.1) is 0 Å². The summed E-state index contributed by atoms with van der Waals surface area (Å²) in [6, 6.07) is 8.38. The van der Waals surface area contributed by atoms with Crippen molar-refractivity contribution in [2.75, 3.05) is 6.61 Å². The molecule has 0 aliphatic rings. The third-order valence-electron chi connectivity index (χ3n) is 2.06. The van der Waals surface area contributed by atoms with Gasteiger partial charge in [0.15, 0.2) is 0 Å². The minimum absolute atomic E-state index is 0.351. The van der Waals surface area contributed by atoms with Crippen molar-refractivity contribution in [3.8, 4) is 0 Å². The number of carbonyl (C=O) groups is 1. The minimum atomic E-state index is -0.962. The normalized spacial score (nSPS) is 14.3. The Morgan fingerprint density at radius 1 is 1.47 bits per heavy atom. The zero-order valence-electron chi connectivity index (χ0n) is 8.59. The van der Waals surface area contributed by atoms with Gasteiger partial charge in [-0.05, 0) is 12.5 Å². The van der Waals surface area contributed by atoms with Gasteiger partial charge < -0.3 is 15.6 Å². The molecule has 0 bridgehead atoms. The van der Waals surface area contributed by atoms with E-state index >= 15 is 0 Å². The Hall–Kier alpha value is -1.39. The number of benzene rings is 1. The van der Waals surface area contributed by atoms with Crippen LogP contribution in [0.4, 0.5) is 0 Å². The van der Waals surface area contributed by atoms with Gasteiger partial charge in [0.1, 0.15) is 12.1 Å². The molecule has 0 amide bonds. The van der Waals surface area contributed by atoms with E-state index in [4.69, 9.17) is 15.6 Å². The molecule has 82 valence electrons. The molecule has 4 nitrogen and oxygen atoms in total. The first-order valence-corrected chi connectivity index (χ1v) is 4.77. The predicted octanol–water partition coefficient (Wildman–Crippen LogP) is 0.610. The van der Waals surface area contributed by atoms with E-state index < -0.39 is 18.6 Å². The highest BCUT2D eigenvalue weighted by atomic mass is 16.5. The zero-order valence-corrected chi connectivity index (χ0v) is 8.59. The lowest BCUT2D eigenvalue weighted by Gasteiger charge is -2.15. The van der Waals surface area contributed by atoms with E-state index in [1.165, 1.54) is 0 Å². The van der Waals surface area contributed by atoms with Crippen LogP contribution in [0.2, 0.25) is 0 Å². The third kappa shape index (κ3) is 3.34. The molecule has 1 rings (SSSR count). The molecule has 0 saturated carbocycles. The number of rotatable bonds is 4. The third-order valence-corrected chi connectivity index (χ3v) is 2.06. The molecular formula is C11H15NO3. The van der Waals surface area contributed by atoms with Crippen molar-refractivity contribution in [2.45, 2.75) is 19.1 Å². The second-order valence-electron chi connectivity index (χ2n) is 3.28. The average molecular weight is 209 g/mol. The number of ether oxygens (including phenoxy) is 1. The fraction of sp³-hybridized carbons (Fsp3) is 0.364. The first-order chi connectivity index (χ1) is 7.15. The largest absolute Gasteiger partial charge is 0.457 e. The van der Waals surface area contributed by atoms with Crippen LogP contribution in [-0.2, 0) is 9.53 Å². The van der Waals surface area contributed by atoms with Crippen molar-refractivity contribution < 1.29 is 14.6 Å². The van der Waals surface area contributed by atoms with Crippen LogP contribution < -0.4 is 5.73 Å². The summed E-state index contributed by atoms with van der Waals surface area (Å²) in [5.41, 5.74) is 6.22. The van der Waals surface area contributed by atoms with Gasteiger partial charge >= 0.3 is 5.97 Å². The van der Waals surface area contributed by atoms with Gasteiger partial charge in [-0.2, -0.15) is 0 Å². The van der Waals surface area contributed by atoms with Crippen molar-refractivity contribution in [3.63, 3.8) is 0 Å². The lowest BCUT2D eigenvalue weighted by Crippen LogP contribution is -2.36. The van der Waals surface area contributed by atoms with Crippen molar-refractivity contribution in [1.82, 2.24) is 0 Å². The van der Waals surface area contributed by atoms with Crippen molar-refractivity contribution >= 4 is 5.97 Å². The van der Waals surface area contributed by atoms with E-state index in [-0.39, 0.29) is 6.10 Å². The summed E-state index contributed by atoms with van der Waals surface area (Å²) in [5, 5.41) is 8.66. The summed E-state index contributed by atoms with van der Waals surface area (Å²) < 4.78 is 5.07. The Labute approximate surface area is 88.7 Å². The van der Waals surface area contributed by atoms with Crippen molar-refractivity contribution in [1.29, 1.82) is 0 Å². The van der Waals surface area contributed by atoms with Crippen LogP contribution in [0.15, 0.2) is 30.3 Å². The van der Waals surface area contributed by atoms with Gasteiger partial charge in [0.25, 0.3) is 0 Å². The molecule has 1 aromatic rings. The van der Waals surface area contributed by atoms with Gasteiger partial charge in [-0.1, -0.05) is 30.3 Å². The molecule has 15 heavy (non-hydrogen) atoms. The zero-order chi connectivity index (χ0) is 11.3. The molecule has 0 aliphatic carbocycles. The number of aliphatic hydroxyl groups excluding tert-OH is 1. The lowest BCUT2D eigenvalue weighted by atomic mass is 10.1. The van der Waals surface area contributed by atoms with Gasteiger partial charge in [0.2, 0.25) is 0 Å². The smallest absolute Gasteiger partial charge is 0.325 e. The topological polar surface area (TPSA) is 72.5 Å². The molecule has 0 aliphatic heterocycles. The molecular weight excluding hydrogens is 194 g/mol. The molecule has 0 radical (unpaired) electrons. The Kier molecular flexibility index (Phi) is 4.27. The fourth-order valence-corrected chi connectivity index (χ4v) is 1.13. The molecule has 0 heterocycles. The van der Waals surface area contributed by atoms with Crippen LogP contribution in [0.5, 0.6) is 0 Å². The van der Waals surface area contributed by atoms with Gasteiger partial charge in [-0.25, -0.2) is 0 Å². The van der Waals surface area contributed by atoms with Crippen LogP contribution in [-0.4, -0.2) is 23.7 Å². The van der Waals surface area contributed by atoms with Crippen LogP contribution in [0.1, 0.15) is 18.6 Å². The highest BCUT2D eigenvalue weighted by molar-refractivity contribution is 5.75. The Morgan fingerprint density at radius 3 is 2.60 bits per heavy atom. The van der Waals surface area contributed by atoms with E-state index in [1.807, 2.05) is 30.3 Å². The first-order valence-electron chi connectivity index (χ1n) is 4.77. The number of hydrogen-bond acceptors (Lipinski definition) is 4. The number of aliphatic hydroxyl groups is 1. The minimum Gasteiger partial charge on any atom is -0.457 e.